The summed E-state index contributed by atoms with van der Waals surface area (Å²) in [5.41, 5.74) is 0.894. The molecule has 19 heavy (non-hydrogen) atoms. The van der Waals surface area contributed by atoms with Gasteiger partial charge in [0.15, 0.2) is 0 Å². The maximum Gasteiger partial charge on any atom is 0.233 e. The fraction of sp³-hybridized carbons (Fsp3) is 0.417. The first-order valence-electron chi connectivity index (χ1n) is 5.96. The second kappa shape index (κ2) is 7.88. The average Bonchev–Trinajstić information content (AvgIpc) is 2.38. The summed E-state index contributed by atoms with van der Waals surface area (Å²) in [5, 5.41) is 5.20. The predicted octanol–water partition coefficient (Wildman–Crippen LogP) is -0.558. The molecular weight excluding hydrogens is 266 g/mol. The molecule has 1 amide bonds. The van der Waals surface area contributed by atoms with E-state index in [1.165, 1.54) is 0 Å². The van der Waals surface area contributed by atoms with Crippen LogP contribution in [0.25, 0.3) is 0 Å². The van der Waals surface area contributed by atoms with Crippen molar-refractivity contribution in [3.63, 3.8) is 0 Å². The quantitative estimate of drug-likeness (QED) is 0.597. The van der Waals surface area contributed by atoms with Gasteiger partial charge in [-0.3, -0.25) is 4.79 Å². The van der Waals surface area contributed by atoms with Gasteiger partial charge in [0, 0.05) is 13.1 Å². The Hall–Kier alpha value is -1.44. The lowest BCUT2D eigenvalue weighted by molar-refractivity contribution is -0.120. The molecule has 0 fully saturated rings. The van der Waals surface area contributed by atoms with Crippen molar-refractivity contribution in [1.82, 2.24) is 15.4 Å². The highest BCUT2D eigenvalue weighted by molar-refractivity contribution is 7.89. The molecule has 106 valence electrons. The minimum atomic E-state index is -3.38. The number of amides is 1. The topological polar surface area (TPSA) is 87.3 Å². The van der Waals surface area contributed by atoms with Crippen molar-refractivity contribution in [3.8, 4) is 0 Å². The third-order valence-electron chi connectivity index (χ3n) is 2.37. The predicted molar refractivity (Wildman–Crippen MR) is 74.0 cm³/mol. The highest BCUT2D eigenvalue weighted by Crippen LogP contribution is 1.98. The summed E-state index contributed by atoms with van der Waals surface area (Å²) in [5.74, 6) is -0.351. The zero-order chi connectivity index (χ0) is 14.1. The molecule has 0 spiro atoms. The lowest BCUT2D eigenvalue weighted by atomic mass is 10.2. The van der Waals surface area contributed by atoms with Crippen LogP contribution in [0.5, 0.6) is 0 Å². The van der Waals surface area contributed by atoms with E-state index in [9.17, 15) is 13.2 Å². The van der Waals surface area contributed by atoms with Crippen molar-refractivity contribution in [3.05, 3.63) is 35.9 Å². The molecule has 6 nitrogen and oxygen atoms in total. The first kappa shape index (κ1) is 15.6. The van der Waals surface area contributed by atoms with Gasteiger partial charge in [-0.15, -0.1) is 0 Å². The lowest BCUT2D eigenvalue weighted by Gasteiger charge is -2.08. The third kappa shape index (κ3) is 6.90. The lowest BCUT2D eigenvalue weighted by Crippen LogP contribution is -2.37. The number of sulfonamides is 1. The Kier molecular flexibility index (Phi) is 6.48. The van der Waals surface area contributed by atoms with Crippen molar-refractivity contribution in [2.24, 2.45) is 0 Å². The van der Waals surface area contributed by atoms with Crippen LogP contribution >= 0.6 is 0 Å². The van der Waals surface area contributed by atoms with Crippen LogP contribution in [0.4, 0.5) is 0 Å². The molecule has 0 aliphatic carbocycles. The van der Waals surface area contributed by atoms with Gasteiger partial charge in [-0.25, -0.2) is 13.1 Å². The number of likely N-dealkylation sites (N-methyl/N-ethyl adjacent to an activating group) is 1. The van der Waals surface area contributed by atoms with Crippen molar-refractivity contribution in [2.45, 2.75) is 6.54 Å². The summed E-state index contributed by atoms with van der Waals surface area (Å²) in [7, 11) is -1.72. The molecule has 0 saturated carbocycles. The molecular formula is C12H19N3O3S. The van der Waals surface area contributed by atoms with E-state index in [1.807, 2.05) is 30.3 Å². The second-order valence-electron chi connectivity index (χ2n) is 4.01. The summed E-state index contributed by atoms with van der Waals surface area (Å²) in [6.45, 7) is 0.537. The molecule has 7 heteroatoms. The standard InChI is InChI=1S/C12H19N3O3S/c1-13-10-12(16)14-7-8-19(17,18)15-9-11-5-3-2-4-6-11/h2-6,13,15H,7-10H2,1H3,(H,14,16). The Morgan fingerprint density at radius 2 is 1.89 bits per heavy atom. The van der Waals surface area contributed by atoms with E-state index in [0.29, 0.717) is 0 Å². The first-order valence-corrected chi connectivity index (χ1v) is 7.61. The van der Waals surface area contributed by atoms with Crippen molar-refractivity contribution < 1.29 is 13.2 Å². The Labute approximate surface area is 113 Å². The van der Waals surface area contributed by atoms with Crippen LogP contribution in [-0.4, -0.2) is 40.2 Å². The Morgan fingerprint density at radius 1 is 1.21 bits per heavy atom. The zero-order valence-electron chi connectivity index (χ0n) is 10.8. The fourth-order valence-corrected chi connectivity index (χ4v) is 2.31. The first-order chi connectivity index (χ1) is 9.03. The summed E-state index contributed by atoms with van der Waals surface area (Å²) >= 11 is 0. The van der Waals surface area contributed by atoms with Crippen molar-refractivity contribution >= 4 is 15.9 Å². The van der Waals surface area contributed by atoms with Crippen LogP contribution in [0.2, 0.25) is 0 Å². The largest absolute Gasteiger partial charge is 0.354 e. The maximum atomic E-state index is 11.7. The summed E-state index contributed by atoms with van der Waals surface area (Å²) in [4.78, 5) is 11.1. The molecule has 0 aliphatic heterocycles. The van der Waals surface area contributed by atoms with E-state index in [1.54, 1.807) is 7.05 Å². The number of carbonyl (C=O) groups excluding carboxylic acids is 1. The molecule has 3 N–H and O–H groups in total. The van der Waals surface area contributed by atoms with Crippen LogP contribution in [0.3, 0.4) is 0 Å². The second-order valence-corrected chi connectivity index (χ2v) is 5.93. The van der Waals surface area contributed by atoms with E-state index < -0.39 is 10.0 Å². The van der Waals surface area contributed by atoms with E-state index in [0.717, 1.165) is 5.56 Å². The molecule has 1 aromatic rings. The van der Waals surface area contributed by atoms with Crippen LogP contribution in [0, 0.1) is 0 Å². The molecule has 0 unspecified atom stereocenters. The van der Waals surface area contributed by atoms with Gasteiger partial charge in [-0.1, -0.05) is 30.3 Å². The third-order valence-corrected chi connectivity index (χ3v) is 3.70. The molecule has 1 aromatic carbocycles. The number of rotatable bonds is 8. The van der Waals surface area contributed by atoms with E-state index in [4.69, 9.17) is 0 Å². The van der Waals surface area contributed by atoms with Crippen molar-refractivity contribution in [1.29, 1.82) is 0 Å². The monoisotopic (exact) mass is 285 g/mol. The highest BCUT2D eigenvalue weighted by Gasteiger charge is 2.10. The smallest absolute Gasteiger partial charge is 0.233 e. The number of benzene rings is 1. The Balaban J connectivity index is 2.30. The van der Waals surface area contributed by atoms with Gasteiger partial charge in [0.25, 0.3) is 0 Å². The number of nitrogens with one attached hydrogen (secondary N) is 3. The van der Waals surface area contributed by atoms with Gasteiger partial charge in [-0.05, 0) is 12.6 Å². The van der Waals surface area contributed by atoms with Gasteiger partial charge in [0.2, 0.25) is 15.9 Å². The van der Waals surface area contributed by atoms with Gasteiger partial charge < -0.3 is 10.6 Å². The van der Waals surface area contributed by atoms with Crippen molar-refractivity contribution in [2.75, 3.05) is 25.9 Å². The van der Waals surface area contributed by atoms with E-state index >= 15 is 0 Å². The number of hydrogen-bond donors (Lipinski definition) is 3. The summed E-state index contributed by atoms with van der Waals surface area (Å²) in [6, 6.07) is 9.26. The van der Waals surface area contributed by atoms with Gasteiger partial charge in [0.05, 0.1) is 12.3 Å². The van der Waals surface area contributed by atoms with Gasteiger partial charge in [-0.2, -0.15) is 0 Å². The van der Waals surface area contributed by atoms with E-state index in [2.05, 4.69) is 15.4 Å². The van der Waals surface area contributed by atoms with Gasteiger partial charge in [0.1, 0.15) is 0 Å². The molecule has 0 aromatic heterocycles. The molecule has 0 atom stereocenters. The normalized spacial score (nSPS) is 11.2. The molecule has 0 bridgehead atoms. The minimum Gasteiger partial charge on any atom is -0.354 e. The molecule has 0 saturated heterocycles. The minimum absolute atomic E-state index is 0.102. The molecule has 0 radical (unpaired) electrons. The van der Waals surface area contributed by atoms with Crippen LogP contribution < -0.4 is 15.4 Å². The number of hydrogen-bond acceptors (Lipinski definition) is 4. The van der Waals surface area contributed by atoms with Crippen LogP contribution in [0.1, 0.15) is 5.56 Å². The Morgan fingerprint density at radius 3 is 2.53 bits per heavy atom. The number of carbonyl (C=O) groups is 1. The van der Waals surface area contributed by atoms with E-state index in [-0.39, 0.29) is 31.3 Å². The highest BCUT2D eigenvalue weighted by atomic mass is 32.2. The molecule has 0 aliphatic rings. The summed E-state index contributed by atoms with van der Waals surface area (Å²) in [6.07, 6.45) is 0. The van der Waals surface area contributed by atoms with Crippen LogP contribution in [-0.2, 0) is 21.4 Å². The average molecular weight is 285 g/mol. The van der Waals surface area contributed by atoms with Crippen LogP contribution in [0.15, 0.2) is 30.3 Å². The molecule has 0 heterocycles. The zero-order valence-corrected chi connectivity index (χ0v) is 11.7. The fourth-order valence-electron chi connectivity index (χ4n) is 1.41. The molecule has 1 rings (SSSR count). The Bertz CT molecular complexity index is 488. The van der Waals surface area contributed by atoms with Gasteiger partial charge >= 0.3 is 0 Å². The maximum absolute atomic E-state index is 11.7. The SMILES string of the molecule is CNCC(=O)NCCS(=O)(=O)NCc1ccccc1. The summed E-state index contributed by atoms with van der Waals surface area (Å²) < 4.78 is 25.8.